The Bertz CT molecular complexity index is 986. The van der Waals surface area contributed by atoms with Crippen LogP contribution in [0.5, 0.6) is 0 Å². The molecule has 2 aromatic heterocycles. The van der Waals surface area contributed by atoms with E-state index in [0.29, 0.717) is 6.54 Å². The Kier molecular flexibility index (Phi) is 5.79. The number of rotatable bonds is 6. The van der Waals surface area contributed by atoms with Gasteiger partial charge < -0.3 is 14.4 Å². The Hall–Kier alpha value is -2.29. The van der Waals surface area contributed by atoms with Crippen LogP contribution in [0.3, 0.4) is 0 Å². The molecule has 3 aromatic rings. The number of carbonyl (C=O) groups excluding carboxylic acids is 1. The quantitative estimate of drug-likeness (QED) is 0.608. The van der Waals surface area contributed by atoms with E-state index in [4.69, 9.17) is 4.98 Å². The first kappa shape index (κ1) is 19.7. The third-order valence-electron chi connectivity index (χ3n) is 6.27. The summed E-state index contributed by atoms with van der Waals surface area (Å²) in [5, 5.41) is 1.99. The Morgan fingerprint density at radius 3 is 2.43 bits per heavy atom. The average Bonchev–Trinajstić information content (AvgIpc) is 3.54. The summed E-state index contributed by atoms with van der Waals surface area (Å²) in [5.74, 6) is 0.934. The van der Waals surface area contributed by atoms with Crippen LogP contribution in [0.15, 0.2) is 35.2 Å². The highest BCUT2D eigenvalue weighted by Gasteiger charge is 2.24. The minimum Gasteiger partial charge on any atom is -0.339 e. The molecule has 30 heavy (non-hydrogen) atoms. The molecular weight excluding hydrogens is 396 g/mol. The van der Waals surface area contributed by atoms with Crippen molar-refractivity contribution >= 4 is 28.3 Å². The lowest BCUT2D eigenvalue weighted by Gasteiger charge is -2.35. The second kappa shape index (κ2) is 8.83. The highest BCUT2D eigenvalue weighted by atomic mass is 32.1. The van der Waals surface area contributed by atoms with Gasteiger partial charge in [0.05, 0.1) is 16.5 Å². The molecule has 2 aliphatic rings. The van der Waals surface area contributed by atoms with Gasteiger partial charge in [0.15, 0.2) is 5.82 Å². The monoisotopic (exact) mass is 424 g/mol. The van der Waals surface area contributed by atoms with E-state index in [-0.39, 0.29) is 5.91 Å². The van der Waals surface area contributed by atoms with Crippen molar-refractivity contribution < 1.29 is 4.79 Å². The molecule has 7 nitrogen and oxygen atoms in total. The molecule has 158 valence electrons. The summed E-state index contributed by atoms with van der Waals surface area (Å²) < 4.78 is 2.02. The van der Waals surface area contributed by atoms with E-state index in [1.54, 1.807) is 11.3 Å². The summed E-state index contributed by atoms with van der Waals surface area (Å²) >= 11 is 1.55. The van der Waals surface area contributed by atoms with Gasteiger partial charge in [-0.3, -0.25) is 9.69 Å². The predicted molar refractivity (Wildman–Crippen MR) is 120 cm³/mol. The van der Waals surface area contributed by atoms with Crippen LogP contribution >= 0.6 is 11.3 Å². The largest absolute Gasteiger partial charge is 0.339 e. The van der Waals surface area contributed by atoms with Crippen LogP contribution in [0.2, 0.25) is 0 Å². The van der Waals surface area contributed by atoms with Gasteiger partial charge in [0.25, 0.3) is 0 Å². The molecule has 0 bridgehead atoms. The number of likely N-dealkylation sites (tertiary alicyclic amines) is 1. The minimum atomic E-state index is 0.161. The van der Waals surface area contributed by atoms with E-state index in [1.165, 1.54) is 25.9 Å². The van der Waals surface area contributed by atoms with Crippen molar-refractivity contribution in [3.8, 4) is 11.5 Å². The Morgan fingerprint density at radius 2 is 1.70 bits per heavy atom. The van der Waals surface area contributed by atoms with E-state index in [9.17, 15) is 4.79 Å². The Morgan fingerprint density at radius 1 is 0.967 bits per heavy atom. The molecule has 8 heteroatoms. The van der Waals surface area contributed by atoms with Gasteiger partial charge in [-0.05, 0) is 38.1 Å². The molecule has 0 unspecified atom stereocenters. The fourth-order valence-electron chi connectivity index (χ4n) is 4.50. The van der Waals surface area contributed by atoms with Gasteiger partial charge in [0.1, 0.15) is 12.2 Å². The summed E-state index contributed by atoms with van der Waals surface area (Å²) in [6.45, 7) is 8.61. The number of hydrogen-bond donors (Lipinski definition) is 0. The summed E-state index contributed by atoms with van der Waals surface area (Å²) in [6, 6.07) is 8.00. The van der Waals surface area contributed by atoms with Crippen molar-refractivity contribution in [2.24, 2.45) is 0 Å². The number of nitrogens with zero attached hydrogens (tertiary/aromatic N) is 6. The molecule has 2 aliphatic heterocycles. The van der Waals surface area contributed by atoms with Crippen LogP contribution in [0, 0.1) is 0 Å². The molecule has 2 saturated heterocycles. The number of aromatic nitrogens is 3. The second-order valence-electron chi connectivity index (χ2n) is 8.16. The highest BCUT2D eigenvalue weighted by molar-refractivity contribution is 7.07. The lowest BCUT2D eigenvalue weighted by atomic mass is 10.3. The number of carbonyl (C=O) groups is 1. The van der Waals surface area contributed by atoms with Gasteiger partial charge >= 0.3 is 0 Å². The van der Waals surface area contributed by atoms with Crippen molar-refractivity contribution in [1.29, 1.82) is 0 Å². The summed E-state index contributed by atoms with van der Waals surface area (Å²) in [6.07, 6.45) is 2.68. The molecule has 0 N–H and O–H groups in total. The van der Waals surface area contributed by atoms with Gasteiger partial charge in [0.2, 0.25) is 5.91 Å². The van der Waals surface area contributed by atoms with Crippen LogP contribution < -0.4 is 0 Å². The van der Waals surface area contributed by atoms with Crippen molar-refractivity contribution in [3.05, 3.63) is 35.2 Å². The van der Waals surface area contributed by atoms with Gasteiger partial charge in [0, 0.05) is 44.6 Å². The van der Waals surface area contributed by atoms with Crippen LogP contribution in [0.4, 0.5) is 0 Å². The van der Waals surface area contributed by atoms with E-state index < -0.39 is 0 Å². The summed E-state index contributed by atoms with van der Waals surface area (Å²) in [5.41, 5.74) is 4.52. The number of amides is 1. The summed E-state index contributed by atoms with van der Waals surface area (Å²) in [4.78, 5) is 29.4. The van der Waals surface area contributed by atoms with E-state index >= 15 is 0 Å². The SMILES string of the molecule is O=C(Cn1c(-c2cscn2)nc2ccccc21)N1CCN(CCN2CCCC2)CC1. The number of thiazole rings is 1. The van der Waals surface area contributed by atoms with Crippen LogP contribution in [0.25, 0.3) is 22.6 Å². The zero-order valence-electron chi connectivity index (χ0n) is 17.2. The number of imidazole rings is 1. The van der Waals surface area contributed by atoms with Crippen molar-refractivity contribution in [2.75, 3.05) is 52.4 Å². The van der Waals surface area contributed by atoms with Gasteiger partial charge in [-0.1, -0.05) is 12.1 Å². The molecule has 2 fully saturated rings. The maximum atomic E-state index is 13.1. The Balaban J connectivity index is 1.24. The number of hydrogen-bond acceptors (Lipinski definition) is 6. The standard InChI is InChI=1S/C22H28N6OS/c29-21(27-13-11-26(12-14-27)10-9-25-7-3-4-8-25)15-28-20-6-2-1-5-18(20)24-22(28)19-16-30-17-23-19/h1-2,5-6,16-17H,3-4,7-15H2. The molecule has 0 atom stereocenters. The number of para-hydroxylation sites is 2. The van der Waals surface area contributed by atoms with E-state index in [1.807, 2.05) is 44.6 Å². The highest BCUT2D eigenvalue weighted by Crippen LogP contribution is 2.25. The first-order valence-electron chi connectivity index (χ1n) is 10.8. The molecule has 1 aromatic carbocycles. The number of piperazine rings is 1. The lowest BCUT2D eigenvalue weighted by molar-refractivity contribution is -0.133. The van der Waals surface area contributed by atoms with Crippen LogP contribution in [-0.2, 0) is 11.3 Å². The molecule has 5 rings (SSSR count). The van der Waals surface area contributed by atoms with Gasteiger partial charge in [-0.15, -0.1) is 11.3 Å². The maximum Gasteiger partial charge on any atom is 0.242 e. The maximum absolute atomic E-state index is 13.1. The van der Waals surface area contributed by atoms with Crippen LogP contribution in [-0.4, -0.2) is 87.5 Å². The third-order valence-corrected chi connectivity index (χ3v) is 6.85. The molecule has 1 amide bonds. The summed E-state index contributed by atoms with van der Waals surface area (Å²) in [7, 11) is 0. The molecule has 4 heterocycles. The molecule has 0 aliphatic carbocycles. The third kappa shape index (κ3) is 4.12. The normalized spacial score (nSPS) is 18.5. The molecule has 0 spiro atoms. The predicted octanol–water partition coefficient (Wildman–Crippen LogP) is 2.40. The first-order valence-corrected chi connectivity index (χ1v) is 11.8. The average molecular weight is 425 g/mol. The van der Waals surface area contributed by atoms with E-state index in [2.05, 4.69) is 14.8 Å². The van der Waals surface area contributed by atoms with Crippen molar-refractivity contribution in [3.63, 3.8) is 0 Å². The Labute approximate surface area is 180 Å². The lowest BCUT2D eigenvalue weighted by Crippen LogP contribution is -2.50. The van der Waals surface area contributed by atoms with Gasteiger partial charge in [-0.2, -0.15) is 0 Å². The molecule has 0 saturated carbocycles. The second-order valence-corrected chi connectivity index (χ2v) is 8.87. The molecular formula is C22H28N6OS. The van der Waals surface area contributed by atoms with E-state index in [0.717, 1.165) is 61.8 Å². The fraction of sp³-hybridized carbons (Fsp3) is 0.500. The van der Waals surface area contributed by atoms with Gasteiger partial charge in [-0.25, -0.2) is 9.97 Å². The number of fused-ring (bicyclic) bond motifs is 1. The minimum absolute atomic E-state index is 0.161. The first-order chi connectivity index (χ1) is 14.8. The zero-order valence-corrected chi connectivity index (χ0v) is 18.1. The van der Waals surface area contributed by atoms with Crippen LogP contribution in [0.1, 0.15) is 12.8 Å². The smallest absolute Gasteiger partial charge is 0.242 e. The van der Waals surface area contributed by atoms with Crippen molar-refractivity contribution in [1.82, 2.24) is 29.2 Å². The zero-order chi connectivity index (χ0) is 20.3. The topological polar surface area (TPSA) is 57.5 Å². The van der Waals surface area contributed by atoms with Crippen molar-refractivity contribution in [2.45, 2.75) is 19.4 Å². The fourth-order valence-corrected chi connectivity index (χ4v) is 5.03. The number of benzene rings is 1. The molecule has 0 radical (unpaired) electrons.